The van der Waals surface area contributed by atoms with E-state index in [1.54, 1.807) is 29.8 Å². The highest BCUT2D eigenvalue weighted by Crippen LogP contribution is 2.30. The first-order chi connectivity index (χ1) is 14.0. The summed E-state index contributed by atoms with van der Waals surface area (Å²) in [5.41, 5.74) is 3.15. The van der Waals surface area contributed by atoms with E-state index in [1.807, 2.05) is 32.0 Å². The molecule has 0 unspecified atom stereocenters. The van der Waals surface area contributed by atoms with Crippen molar-refractivity contribution in [1.82, 2.24) is 19.8 Å². The molecule has 7 nitrogen and oxygen atoms in total. The van der Waals surface area contributed by atoms with Gasteiger partial charge in [0.2, 0.25) is 4.96 Å². The molecule has 0 spiro atoms. The number of anilines is 1. The maximum atomic E-state index is 12.7. The van der Waals surface area contributed by atoms with Crippen LogP contribution in [0.1, 0.15) is 28.7 Å². The smallest absolute Gasteiger partial charge is 0.255 e. The lowest BCUT2D eigenvalue weighted by Gasteiger charge is -2.11. The number of aryl methyl sites for hydroxylation is 2. The lowest BCUT2D eigenvalue weighted by atomic mass is 10.1. The van der Waals surface area contributed by atoms with Crippen LogP contribution >= 0.6 is 27.3 Å². The zero-order valence-corrected chi connectivity index (χ0v) is 18.5. The Balaban J connectivity index is 1.63. The van der Waals surface area contributed by atoms with Crippen LogP contribution in [0.4, 0.5) is 5.69 Å². The second-order valence-corrected chi connectivity index (χ2v) is 8.21. The molecule has 29 heavy (non-hydrogen) atoms. The Hall–Kier alpha value is -2.78. The van der Waals surface area contributed by atoms with Gasteiger partial charge in [-0.15, -0.1) is 10.2 Å². The molecule has 0 atom stereocenters. The number of hydrogen-bond acceptors (Lipinski definition) is 6. The van der Waals surface area contributed by atoms with Crippen LogP contribution in [-0.2, 0) is 6.42 Å². The summed E-state index contributed by atoms with van der Waals surface area (Å²) in [4.78, 5) is 13.5. The summed E-state index contributed by atoms with van der Waals surface area (Å²) in [6, 6.07) is 11.1. The average Bonchev–Trinajstić information content (AvgIpc) is 3.30. The third kappa shape index (κ3) is 3.75. The summed E-state index contributed by atoms with van der Waals surface area (Å²) >= 11 is 4.88. The van der Waals surface area contributed by atoms with E-state index in [4.69, 9.17) is 4.74 Å². The van der Waals surface area contributed by atoms with Gasteiger partial charge >= 0.3 is 0 Å². The number of carbonyl (C=O) groups excluding carboxylic acids is 1. The van der Waals surface area contributed by atoms with Crippen LogP contribution in [-0.4, -0.2) is 32.8 Å². The van der Waals surface area contributed by atoms with E-state index in [0.717, 1.165) is 43.5 Å². The van der Waals surface area contributed by atoms with Crippen LogP contribution in [0.3, 0.4) is 0 Å². The monoisotopic (exact) mass is 471 g/mol. The van der Waals surface area contributed by atoms with Crippen molar-refractivity contribution in [2.75, 3.05) is 12.4 Å². The Morgan fingerprint density at radius 3 is 2.79 bits per heavy atom. The van der Waals surface area contributed by atoms with E-state index >= 15 is 0 Å². The Morgan fingerprint density at radius 2 is 2.07 bits per heavy atom. The predicted molar refractivity (Wildman–Crippen MR) is 117 cm³/mol. The van der Waals surface area contributed by atoms with Crippen LogP contribution in [0.15, 0.2) is 40.9 Å². The third-order valence-corrected chi connectivity index (χ3v) is 6.09. The first-order valence-corrected chi connectivity index (χ1v) is 10.6. The van der Waals surface area contributed by atoms with E-state index in [-0.39, 0.29) is 5.91 Å². The number of methoxy groups -OCH3 is 1. The minimum absolute atomic E-state index is 0.194. The van der Waals surface area contributed by atoms with Gasteiger partial charge in [-0.25, -0.2) is 0 Å². The van der Waals surface area contributed by atoms with E-state index in [1.165, 1.54) is 11.3 Å². The SMILES string of the molecule is CCc1nnc2sc(-c3ccc(C)c(NC(=O)c4ccc(OC)c(Br)c4)c3)nn12. The van der Waals surface area contributed by atoms with Crippen LogP contribution in [0.5, 0.6) is 5.75 Å². The Labute approximate surface area is 179 Å². The quantitative estimate of drug-likeness (QED) is 0.454. The van der Waals surface area contributed by atoms with E-state index < -0.39 is 0 Å². The molecule has 4 rings (SSSR count). The van der Waals surface area contributed by atoms with Crippen LogP contribution in [0.2, 0.25) is 0 Å². The van der Waals surface area contributed by atoms with Crippen molar-refractivity contribution < 1.29 is 9.53 Å². The number of ether oxygens (including phenoxy) is 1. The van der Waals surface area contributed by atoms with Crippen molar-refractivity contribution >= 4 is 43.8 Å². The number of fused-ring (bicyclic) bond motifs is 1. The predicted octanol–water partition coefficient (Wildman–Crippen LogP) is 4.75. The minimum Gasteiger partial charge on any atom is -0.496 e. The molecule has 0 saturated heterocycles. The molecule has 0 saturated carbocycles. The number of nitrogens with one attached hydrogen (secondary N) is 1. The van der Waals surface area contributed by atoms with E-state index in [0.29, 0.717) is 11.3 Å². The molecule has 0 aliphatic rings. The van der Waals surface area contributed by atoms with E-state index in [9.17, 15) is 4.79 Å². The van der Waals surface area contributed by atoms with Gasteiger partial charge in [0.05, 0.1) is 11.6 Å². The second kappa shape index (κ2) is 7.92. The maximum Gasteiger partial charge on any atom is 0.255 e. The van der Waals surface area contributed by atoms with Crippen molar-refractivity contribution in [3.05, 3.63) is 57.8 Å². The second-order valence-electron chi connectivity index (χ2n) is 6.40. The zero-order chi connectivity index (χ0) is 20.5. The maximum absolute atomic E-state index is 12.7. The molecule has 0 fully saturated rings. The average molecular weight is 472 g/mol. The highest BCUT2D eigenvalue weighted by molar-refractivity contribution is 9.10. The minimum atomic E-state index is -0.194. The molecule has 0 aliphatic carbocycles. The number of rotatable bonds is 5. The molecule has 0 aliphatic heterocycles. The van der Waals surface area contributed by atoms with Crippen molar-refractivity contribution in [1.29, 1.82) is 0 Å². The topological polar surface area (TPSA) is 81.4 Å². The van der Waals surface area contributed by atoms with Gasteiger partial charge in [-0.05, 0) is 52.7 Å². The van der Waals surface area contributed by atoms with Gasteiger partial charge in [0.15, 0.2) is 5.82 Å². The number of carbonyl (C=O) groups is 1. The molecule has 2 heterocycles. The summed E-state index contributed by atoms with van der Waals surface area (Å²) in [6.07, 6.45) is 0.761. The van der Waals surface area contributed by atoms with Gasteiger partial charge in [0.25, 0.3) is 5.91 Å². The summed E-state index contributed by atoms with van der Waals surface area (Å²) in [5.74, 6) is 1.31. The van der Waals surface area contributed by atoms with Gasteiger partial charge in [-0.2, -0.15) is 9.61 Å². The normalized spacial score (nSPS) is 11.0. The highest BCUT2D eigenvalue weighted by atomic mass is 79.9. The first kappa shape index (κ1) is 19.5. The molecular formula is C20H18BrN5O2S. The van der Waals surface area contributed by atoms with Crippen molar-refractivity contribution in [2.45, 2.75) is 20.3 Å². The lowest BCUT2D eigenvalue weighted by Crippen LogP contribution is -2.13. The fourth-order valence-corrected chi connectivity index (χ4v) is 4.28. The molecule has 1 N–H and O–H groups in total. The number of halogens is 1. The molecule has 148 valence electrons. The Kier molecular flexibility index (Phi) is 5.33. The molecule has 4 aromatic rings. The van der Waals surface area contributed by atoms with E-state index in [2.05, 4.69) is 36.5 Å². The molecule has 2 aromatic heterocycles. The fourth-order valence-electron chi connectivity index (χ4n) is 2.89. The third-order valence-electron chi connectivity index (χ3n) is 4.52. The molecule has 2 aromatic carbocycles. The van der Waals surface area contributed by atoms with Crippen molar-refractivity contribution in [2.24, 2.45) is 0 Å². The van der Waals surface area contributed by atoms with Crippen LogP contribution in [0, 0.1) is 6.92 Å². The van der Waals surface area contributed by atoms with Crippen LogP contribution in [0.25, 0.3) is 15.5 Å². The number of hydrogen-bond donors (Lipinski definition) is 1. The highest BCUT2D eigenvalue weighted by Gasteiger charge is 2.15. The van der Waals surface area contributed by atoms with Crippen molar-refractivity contribution in [3.63, 3.8) is 0 Å². The van der Waals surface area contributed by atoms with Gasteiger partial charge < -0.3 is 10.1 Å². The van der Waals surface area contributed by atoms with Gasteiger partial charge in [-0.3, -0.25) is 4.79 Å². The van der Waals surface area contributed by atoms with Crippen LogP contribution < -0.4 is 10.1 Å². The van der Waals surface area contributed by atoms with Gasteiger partial charge in [-0.1, -0.05) is 30.4 Å². The molecule has 1 amide bonds. The Morgan fingerprint density at radius 1 is 1.24 bits per heavy atom. The first-order valence-electron chi connectivity index (χ1n) is 8.97. The number of benzene rings is 2. The Bertz CT molecular complexity index is 1220. The lowest BCUT2D eigenvalue weighted by molar-refractivity contribution is 0.102. The number of aromatic nitrogens is 4. The number of nitrogens with zero attached hydrogens (tertiary/aromatic N) is 4. The number of amides is 1. The summed E-state index contributed by atoms with van der Waals surface area (Å²) in [6.45, 7) is 3.98. The van der Waals surface area contributed by atoms with Crippen molar-refractivity contribution in [3.8, 4) is 16.3 Å². The van der Waals surface area contributed by atoms with Gasteiger partial charge in [0.1, 0.15) is 10.8 Å². The molecular weight excluding hydrogens is 454 g/mol. The van der Waals surface area contributed by atoms with Gasteiger partial charge in [0, 0.05) is 23.2 Å². The summed E-state index contributed by atoms with van der Waals surface area (Å²) in [5, 5.41) is 16.7. The molecule has 0 radical (unpaired) electrons. The summed E-state index contributed by atoms with van der Waals surface area (Å²) < 4.78 is 7.72. The molecule has 0 bridgehead atoms. The summed E-state index contributed by atoms with van der Waals surface area (Å²) in [7, 11) is 1.59. The molecule has 9 heteroatoms. The largest absolute Gasteiger partial charge is 0.496 e. The fraction of sp³-hybridized carbons (Fsp3) is 0.200. The zero-order valence-electron chi connectivity index (χ0n) is 16.1. The standard InChI is InChI=1S/C20H18BrN5O2S/c1-4-17-23-24-20-26(17)25-19(29-20)13-6-5-11(2)15(10-13)22-18(27)12-7-8-16(28-3)14(21)9-12/h5-10H,4H2,1-3H3,(H,22,27).